The van der Waals surface area contributed by atoms with Crippen LogP contribution in [0.1, 0.15) is 31.4 Å². The van der Waals surface area contributed by atoms with Crippen LogP contribution in [0.3, 0.4) is 0 Å². The van der Waals surface area contributed by atoms with E-state index in [1.165, 1.54) is 18.5 Å². The second kappa shape index (κ2) is 9.14. The number of aliphatic hydroxyl groups is 1. The lowest BCUT2D eigenvalue weighted by molar-refractivity contribution is 0.278. The predicted molar refractivity (Wildman–Crippen MR) is 71.0 cm³/mol. The van der Waals surface area contributed by atoms with Crippen molar-refractivity contribution >= 4 is 0 Å². The minimum atomic E-state index is 0.329. The normalized spacial score (nSPS) is 11.0. The van der Waals surface area contributed by atoms with E-state index >= 15 is 0 Å². The summed E-state index contributed by atoms with van der Waals surface area (Å²) in [6.07, 6.45) is 7.40. The molecule has 1 aromatic rings. The Hall–Kier alpha value is -0.930. The number of pyridine rings is 1. The van der Waals surface area contributed by atoms with Gasteiger partial charge < -0.3 is 10.0 Å². The summed E-state index contributed by atoms with van der Waals surface area (Å²) in [6.45, 7) is 2.53. The van der Waals surface area contributed by atoms with Crippen molar-refractivity contribution in [2.45, 2.75) is 32.1 Å². The zero-order chi connectivity index (χ0) is 12.3. The molecule has 1 N–H and O–H groups in total. The van der Waals surface area contributed by atoms with E-state index in [1.54, 1.807) is 0 Å². The molecule has 0 saturated heterocycles. The fourth-order valence-corrected chi connectivity index (χ4v) is 1.81. The van der Waals surface area contributed by atoms with Crippen LogP contribution >= 0.6 is 0 Å². The molecular formula is C14H24N2O. The van der Waals surface area contributed by atoms with Gasteiger partial charge in [0.05, 0.1) is 0 Å². The van der Waals surface area contributed by atoms with Gasteiger partial charge in [-0.3, -0.25) is 4.98 Å². The zero-order valence-electron chi connectivity index (χ0n) is 10.8. The first-order chi connectivity index (χ1) is 8.33. The van der Waals surface area contributed by atoms with Crippen LogP contribution in [0.2, 0.25) is 0 Å². The molecule has 96 valence electrons. The Labute approximate surface area is 104 Å². The summed E-state index contributed by atoms with van der Waals surface area (Å²) >= 11 is 0. The third-order valence-electron chi connectivity index (χ3n) is 2.92. The molecule has 1 aromatic heterocycles. The number of unbranched alkanes of at least 4 members (excludes halogenated alkanes) is 3. The third-order valence-corrected chi connectivity index (χ3v) is 2.92. The molecule has 0 aliphatic carbocycles. The number of likely N-dealkylation sites (N-methyl/N-ethyl adjacent to an activating group) is 1. The molecule has 0 fully saturated rings. The smallest absolute Gasteiger partial charge is 0.0431 e. The van der Waals surface area contributed by atoms with Gasteiger partial charge >= 0.3 is 0 Å². The Morgan fingerprint density at radius 2 is 1.94 bits per heavy atom. The Balaban J connectivity index is 2.03. The molecule has 0 aliphatic heterocycles. The highest BCUT2D eigenvalue weighted by Gasteiger charge is 1.99. The molecule has 3 heteroatoms. The van der Waals surface area contributed by atoms with Gasteiger partial charge in [-0.2, -0.15) is 0 Å². The quantitative estimate of drug-likeness (QED) is 0.667. The van der Waals surface area contributed by atoms with Crippen LogP contribution in [0.4, 0.5) is 0 Å². The number of rotatable bonds is 9. The van der Waals surface area contributed by atoms with Crippen LogP contribution in [0.15, 0.2) is 24.4 Å². The molecule has 0 bridgehead atoms. The Morgan fingerprint density at radius 1 is 1.12 bits per heavy atom. The molecule has 0 atom stereocenters. The fourth-order valence-electron chi connectivity index (χ4n) is 1.81. The standard InChI is InChI=1S/C14H24N2O/c1-16(11-6-2-3-7-13-17)12-9-14-8-4-5-10-15-14/h4-5,8,10,17H,2-3,6-7,9,11-13H2,1H3. The van der Waals surface area contributed by atoms with E-state index in [0.717, 1.165) is 32.4 Å². The van der Waals surface area contributed by atoms with E-state index in [4.69, 9.17) is 5.11 Å². The highest BCUT2D eigenvalue weighted by molar-refractivity contribution is 5.03. The maximum Gasteiger partial charge on any atom is 0.0431 e. The van der Waals surface area contributed by atoms with E-state index in [2.05, 4.69) is 23.0 Å². The topological polar surface area (TPSA) is 36.4 Å². The van der Waals surface area contributed by atoms with E-state index < -0.39 is 0 Å². The molecular weight excluding hydrogens is 212 g/mol. The summed E-state index contributed by atoms with van der Waals surface area (Å²) < 4.78 is 0. The number of nitrogens with zero attached hydrogens (tertiary/aromatic N) is 2. The van der Waals surface area contributed by atoms with Gasteiger partial charge in [0.25, 0.3) is 0 Å². The maximum atomic E-state index is 8.67. The van der Waals surface area contributed by atoms with Crippen molar-refractivity contribution in [1.29, 1.82) is 0 Å². The van der Waals surface area contributed by atoms with Gasteiger partial charge in [0.2, 0.25) is 0 Å². The second-order valence-electron chi connectivity index (χ2n) is 4.51. The molecule has 0 amide bonds. The maximum absolute atomic E-state index is 8.67. The van der Waals surface area contributed by atoms with Crippen molar-refractivity contribution in [3.05, 3.63) is 30.1 Å². The molecule has 0 spiro atoms. The van der Waals surface area contributed by atoms with Crippen molar-refractivity contribution in [1.82, 2.24) is 9.88 Å². The van der Waals surface area contributed by atoms with E-state index in [1.807, 2.05) is 18.3 Å². The van der Waals surface area contributed by atoms with Crippen molar-refractivity contribution in [3.63, 3.8) is 0 Å². The van der Waals surface area contributed by atoms with Crippen molar-refractivity contribution in [2.24, 2.45) is 0 Å². The first kappa shape index (κ1) is 14.1. The van der Waals surface area contributed by atoms with E-state index in [-0.39, 0.29) is 0 Å². The monoisotopic (exact) mass is 236 g/mol. The molecule has 3 nitrogen and oxygen atoms in total. The summed E-state index contributed by atoms with van der Waals surface area (Å²) in [6, 6.07) is 6.07. The number of hydrogen-bond donors (Lipinski definition) is 1. The van der Waals surface area contributed by atoms with Gasteiger partial charge in [-0.25, -0.2) is 0 Å². The molecule has 0 unspecified atom stereocenters. The van der Waals surface area contributed by atoms with Gasteiger partial charge in [0, 0.05) is 31.5 Å². The van der Waals surface area contributed by atoms with Crippen LogP contribution in [0, 0.1) is 0 Å². The second-order valence-corrected chi connectivity index (χ2v) is 4.51. The molecule has 0 aliphatic rings. The lowest BCUT2D eigenvalue weighted by Crippen LogP contribution is -2.22. The molecule has 1 rings (SSSR count). The highest BCUT2D eigenvalue weighted by Crippen LogP contribution is 2.02. The fraction of sp³-hybridized carbons (Fsp3) is 0.643. The Bertz CT molecular complexity index is 277. The minimum Gasteiger partial charge on any atom is -0.396 e. The summed E-state index contributed by atoms with van der Waals surface area (Å²) in [5.41, 5.74) is 1.17. The number of aliphatic hydroxyl groups excluding tert-OH is 1. The first-order valence-electron chi connectivity index (χ1n) is 6.52. The van der Waals surface area contributed by atoms with Crippen molar-refractivity contribution in [2.75, 3.05) is 26.7 Å². The van der Waals surface area contributed by atoms with Gasteiger partial charge in [0.15, 0.2) is 0 Å². The average Bonchev–Trinajstić information content (AvgIpc) is 2.37. The van der Waals surface area contributed by atoms with Crippen LogP contribution in [-0.2, 0) is 6.42 Å². The summed E-state index contributed by atoms with van der Waals surface area (Å²) in [7, 11) is 2.16. The van der Waals surface area contributed by atoms with E-state index in [9.17, 15) is 0 Å². The van der Waals surface area contributed by atoms with Crippen molar-refractivity contribution in [3.8, 4) is 0 Å². The zero-order valence-corrected chi connectivity index (χ0v) is 10.8. The molecule has 1 heterocycles. The predicted octanol–water partition coefficient (Wildman–Crippen LogP) is 2.11. The Morgan fingerprint density at radius 3 is 2.65 bits per heavy atom. The first-order valence-corrected chi connectivity index (χ1v) is 6.52. The van der Waals surface area contributed by atoms with Crippen molar-refractivity contribution < 1.29 is 5.11 Å². The van der Waals surface area contributed by atoms with Gasteiger partial charge in [-0.15, -0.1) is 0 Å². The third kappa shape index (κ3) is 7.08. The largest absolute Gasteiger partial charge is 0.396 e. The van der Waals surface area contributed by atoms with Gasteiger partial charge in [-0.1, -0.05) is 18.9 Å². The van der Waals surface area contributed by atoms with Crippen LogP contribution < -0.4 is 0 Å². The number of hydrogen-bond acceptors (Lipinski definition) is 3. The van der Waals surface area contributed by atoms with E-state index in [0.29, 0.717) is 6.61 Å². The van der Waals surface area contributed by atoms with Gasteiger partial charge in [0.1, 0.15) is 0 Å². The average molecular weight is 236 g/mol. The highest BCUT2D eigenvalue weighted by atomic mass is 16.2. The Kier molecular flexibility index (Phi) is 7.60. The lowest BCUT2D eigenvalue weighted by Gasteiger charge is -2.15. The van der Waals surface area contributed by atoms with Crippen LogP contribution in [0.25, 0.3) is 0 Å². The molecule has 17 heavy (non-hydrogen) atoms. The van der Waals surface area contributed by atoms with Crippen LogP contribution in [0.5, 0.6) is 0 Å². The van der Waals surface area contributed by atoms with Gasteiger partial charge in [-0.05, 0) is 38.6 Å². The van der Waals surface area contributed by atoms with Crippen LogP contribution in [-0.4, -0.2) is 41.7 Å². The lowest BCUT2D eigenvalue weighted by atomic mass is 10.2. The molecule has 0 saturated carbocycles. The molecule has 0 radical (unpaired) electrons. The number of aromatic nitrogens is 1. The summed E-state index contributed by atoms with van der Waals surface area (Å²) in [5, 5.41) is 8.67. The summed E-state index contributed by atoms with van der Waals surface area (Å²) in [5.74, 6) is 0. The molecule has 0 aromatic carbocycles. The summed E-state index contributed by atoms with van der Waals surface area (Å²) in [4.78, 5) is 6.67. The SMILES string of the molecule is CN(CCCCCCO)CCc1ccccn1. The minimum absolute atomic E-state index is 0.329.